The molecule has 0 bridgehead atoms. The molecule has 1 aromatic carbocycles. The van der Waals surface area contributed by atoms with Gasteiger partial charge in [0, 0.05) is 45.3 Å². The Hall–Kier alpha value is -3.69. The second kappa shape index (κ2) is 23.7. The highest BCUT2D eigenvalue weighted by Gasteiger charge is 2.20. The molecule has 2 amide bonds. The summed E-state index contributed by atoms with van der Waals surface area (Å²) in [5.41, 5.74) is 6.93. The Balaban J connectivity index is 1.39. The third-order valence-corrected chi connectivity index (χ3v) is 8.65. The van der Waals surface area contributed by atoms with E-state index in [1.165, 1.54) is 13.3 Å². The molecule has 1 aromatic heterocycles. The van der Waals surface area contributed by atoms with E-state index in [1.54, 1.807) is 0 Å². The van der Waals surface area contributed by atoms with Crippen LogP contribution in [0, 0.1) is 11.8 Å². The Morgan fingerprint density at radius 3 is 2.06 bits per heavy atom. The summed E-state index contributed by atoms with van der Waals surface area (Å²) in [6.07, 6.45) is 5.17. The van der Waals surface area contributed by atoms with Gasteiger partial charge in [-0.05, 0) is 24.9 Å². The number of nitrogens with one attached hydrogen (secondary N) is 1. The SMILES string of the molecule is COc1nc(S(C)(=O)=O)ncc1C#CCCCCN1CCOCCOCCN(CC(=O)NC(Cc2ccccc2)C(N)=O)CCOCCOCC1. The molecule has 0 spiro atoms. The minimum absolute atomic E-state index is 0.0749. The minimum Gasteiger partial charge on any atom is -0.480 e. The molecule has 3 N–H and O–H groups in total. The maximum Gasteiger partial charge on any atom is 0.250 e. The summed E-state index contributed by atoms with van der Waals surface area (Å²) in [5.74, 6) is 5.33. The van der Waals surface area contributed by atoms with Crippen molar-refractivity contribution in [3.63, 3.8) is 0 Å². The molecule has 2 heterocycles. The quantitative estimate of drug-likeness (QED) is 0.173. The number of unbranched alkanes of at least 4 members (excludes halogenated alkanes) is 2. The number of carbonyl (C=O) groups excluding carboxylic acids is 2. The third kappa shape index (κ3) is 17.4. The lowest BCUT2D eigenvalue weighted by molar-refractivity contribution is -0.128. The van der Waals surface area contributed by atoms with Gasteiger partial charge in [-0.25, -0.2) is 13.4 Å². The molecule has 1 aliphatic heterocycles. The molecule has 51 heavy (non-hydrogen) atoms. The van der Waals surface area contributed by atoms with Gasteiger partial charge in [0.25, 0.3) is 0 Å². The van der Waals surface area contributed by atoms with Crippen LogP contribution in [0.25, 0.3) is 0 Å². The van der Waals surface area contributed by atoms with Gasteiger partial charge in [-0.15, -0.1) is 0 Å². The first-order valence-electron chi connectivity index (χ1n) is 17.1. The van der Waals surface area contributed by atoms with Gasteiger partial charge in [0.15, 0.2) is 0 Å². The number of benzene rings is 1. The van der Waals surface area contributed by atoms with E-state index in [9.17, 15) is 18.0 Å². The number of primary amides is 1. The maximum atomic E-state index is 12.9. The Morgan fingerprint density at radius 2 is 1.51 bits per heavy atom. The van der Waals surface area contributed by atoms with Gasteiger partial charge in [0.2, 0.25) is 32.7 Å². The second-order valence-corrected chi connectivity index (χ2v) is 13.8. The molecule has 3 rings (SSSR count). The predicted molar refractivity (Wildman–Crippen MR) is 190 cm³/mol. The minimum atomic E-state index is -3.54. The fraction of sp³-hybridized carbons (Fsp3) is 0.600. The van der Waals surface area contributed by atoms with Crippen molar-refractivity contribution in [3.05, 3.63) is 47.7 Å². The van der Waals surface area contributed by atoms with Crippen LogP contribution in [-0.2, 0) is 44.8 Å². The summed E-state index contributed by atoms with van der Waals surface area (Å²) < 4.78 is 51.8. The van der Waals surface area contributed by atoms with Crippen molar-refractivity contribution in [3.8, 4) is 17.7 Å². The van der Waals surface area contributed by atoms with Gasteiger partial charge in [-0.2, -0.15) is 4.98 Å². The number of sulfone groups is 1. The van der Waals surface area contributed by atoms with Gasteiger partial charge < -0.3 is 34.7 Å². The number of ether oxygens (including phenoxy) is 5. The van der Waals surface area contributed by atoms with E-state index in [0.717, 1.165) is 44.3 Å². The predicted octanol–water partition coefficient (Wildman–Crippen LogP) is 0.307. The molecule has 1 atom stereocenters. The van der Waals surface area contributed by atoms with Crippen molar-refractivity contribution in [2.24, 2.45) is 5.73 Å². The first-order valence-corrected chi connectivity index (χ1v) is 19.0. The van der Waals surface area contributed by atoms with E-state index in [1.807, 2.05) is 35.2 Å². The lowest BCUT2D eigenvalue weighted by atomic mass is 10.1. The molecule has 0 saturated carbocycles. The molecule has 0 radical (unpaired) electrons. The van der Waals surface area contributed by atoms with E-state index in [2.05, 4.69) is 32.0 Å². The number of aromatic nitrogens is 2. The van der Waals surface area contributed by atoms with Crippen molar-refractivity contribution in [2.45, 2.75) is 36.9 Å². The summed E-state index contributed by atoms with van der Waals surface area (Å²) in [7, 11) is -2.13. The molecule has 1 saturated heterocycles. The van der Waals surface area contributed by atoms with Crippen molar-refractivity contribution < 1.29 is 41.7 Å². The Bertz CT molecular complexity index is 1480. The topological polar surface area (TPSA) is 185 Å². The van der Waals surface area contributed by atoms with Crippen molar-refractivity contribution in [1.82, 2.24) is 25.1 Å². The van der Waals surface area contributed by atoms with Gasteiger partial charge in [-0.1, -0.05) is 42.2 Å². The summed E-state index contributed by atoms with van der Waals surface area (Å²) in [4.78, 5) is 37.0. The summed E-state index contributed by atoms with van der Waals surface area (Å²) in [6, 6.07) is 8.61. The van der Waals surface area contributed by atoms with E-state index in [0.29, 0.717) is 84.3 Å². The monoisotopic (exact) mass is 732 g/mol. The van der Waals surface area contributed by atoms with Gasteiger partial charge in [0.05, 0.1) is 72.7 Å². The average Bonchev–Trinajstić information content (AvgIpc) is 3.10. The lowest BCUT2D eigenvalue weighted by Gasteiger charge is -2.24. The zero-order valence-electron chi connectivity index (χ0n) is 29.7. The van der Waals surface area contributed by atoms with E-state index in [4.69, 9.17) is 29.4 Å². The highest BCUT2D eigenvalue weighted by atomic mass is 32.2. The smallest absolute Gasteiger partial charge is 0.250 e. The summed E-state index contributed by atoms with van der Waals surface area (Å²) >= 11 is 0. The van der Waals surface area contributed by atoms with Crippen molar-refractivity contribution in [2.75, 3.05) is 105 Å². The normalized spacial score (nSPS) is 17.2. The van der Waals surface area contributed by atoms with Crippen LogP contribution in [0.1, 0.15) is 30.4 Å². The van der Waals surface area contributed by atoms with Crippen LogP contribution in [-0.4, -0.2) is 152 Å². The first kappa shape index (κ1) is 41.7. The number of amides is 2. The first-order chi connectivity index (χ1) is 24.7. The largest absolute Gasteiger partial charge is 0.480 e. The van der Waals surface area contributed by atoms with E-state index >= 15 is 0 Å². The maximum absolute atomic E-state index is 12.9. The summed E-state index contributed by atoms with van der Waals surface area (Å²) in [5, 5.41) is 2.48. The number of carbonyl (C=O) groups is 2. The highest BCUT2D eigenvalue weighted by molar-refractivity contribution is 7.90. The number of methoxy groups -OCH3 is 1. The number of rotatable bonds is 12. The zero-order chi connectivity index (χ0) is 36.7. The molecule has 282 valence electrons. The molecule has 0 aliphatic carbocycles. The molecule has 1 aliphatic rings. The highest BCUT2D eigenvalue weighted by Crippen LogP contribution is 2.15. The molecule has 15 nitrogen and oxygen atoms in total. The molecular formula is C35H52N6O9S. The average molecular weight is 733 g/mol. The van der Waals surface area contributed by atoms with Crippen LogP contribution in [0.5, 0.6) is 5.88 Å². The molecule has 16 heteroatoms. The standard InChI is InChI=1S/C35H52N6O9S/c1-46-34-30(27-37-35(39-34)51(2,44)45)12-8-3-4-9-13-40-14-18-47-22-24-49-20-16-41(17-21-50-25-23-48-19-15-40)28-32(42)38-31(33(36)43)26-29-10-6-5-7-11-29/h5-7,10-11,27,31H,3-4,9,13-26,28H2,1-2H3,(H2,36,43)(H,38,42). The van der Waals surface area contributed by atoms with E-state index in [-0.39, 0.29) is 23.5 Å². The number of hydrogen-bond donors (Lipinski definition) is 2. The third-order valence-electron chi connectivity index (χ3n) is 7.79. The fourth-order valence-corrected chi connectivity index (χ4v) is 5.51. The van der Waals surface area contributed by atoms with E-state index < -0.39 is 21.8 Å². The molecule has 2 aromatic rings. The molecule has 1 unspecified atom stereocenters. The van der Waals surface area contributed by atoms with Crippen molar-refractivity contribution in [1.29, 1.82) is 0 Å². The molecule has 1 fully saturated rings. The van der Waals surface area contributed by atoms with Crippen LogP contribution in [0.4, 0.5) is 0 Å². The number of nitrogens with zero attached hydrogens (tertiary/aromatic N) is 4. The van der Waals surface area contributed by atoms with Crippen LogP contribution >= 0.6 is 0 Å². The van der Waals surface area contributed by atoms with Gasteiger partial charge in [-0.3, -0.25) is 19.4 Å². The zero-order valence-corrected chi connectivity index (χ0v) is 30.5. The number of nitrogens with two attached hydrogens (primary N) is 1. The van der Waals surface area contributed by atoms with Crippen LogP contribution in [0.3, 0.4) is 0 Å². The molecular weight excluding hydrogens is 680 g/mol. The van der Waals surface area contributed by atoms with Crippen LogP contribution in [0.2, 0.25) is 0 Å². The van der Waals surface area contributed by atoms with Crippen LogP contribution in [0.15, 0.2) is 41.7 Å². The van der Waals surface area contributed by atoms with Gasteiger partial charge >= 0.3 is 0 Å². The number of hydrogen-bond acceptors (Lipinski definition) is 13. The lowest BCUT2D eigenvalue weighted by Crippen LogP contribution is -2.49. The second-order valence-electron chi connectivity index (χ2n) is 11.9. The van der Waals surface area contributed by atoms with Gasteiger partial charge in [0.1, 0.15) is 11.6 Å². The Morgan fingerprint density at radius 1 is 0.922 bits per heavy atom. The van der Waals surface area contributed by atoms with Crippen molar-refractivity contribution >= 4 is 21.7 Å². The fourth-order valence-electron chi connectivity index (χ4n) is 5.02. The summed E-state index contributed by atoms with van der Waals surface area (Å²) in [6.45, 7) is 7.06. The Labute approximate surface area is 301 Å². The Kier molecular flexibility index (Phi) is 19.4. The van der Waals surface area contributed by atoms with Crippen LogP contribution < -0.4 is 15.8 Å².